The predicted octanol–water partition coefficient (Wildman–Crippen LogP) is 2.24. The Hall–Kier alpha value is -2.99. The van der Waals surface area contributed by atoms with Crippen molar-refractivity contribution in [2.45, 2.75) is 23.6 Å². The molecule has 4 rings (SSSR count). The van der Waals surface area contributed by atoms with E-state index in [9.17, 15) is 21.6 Å². The zero-order valence-electron chi connectivity index (χ0n) is 19.2. The quantitative estimate of drug-likeness (QED) is 0.470. The molecular weight excluding hydrogens is 490 g/mol. The van der Waals surface area contributed by atoms with Crippen LogP contribution in [0.2, 0.25) is 0 Å². The lowest BCUT2D eigenvalue weighted by atomic mass is 10.1. The molecule has 3 aromatic rings. The second kappa shape index (κ2) is 9.94. The predicted molar refractivity (Wildman–Crippen MR) is 134 cm³/mol. The molecule has 0 radical (unpaired) electrons. The lowest BCUT2D eigenvalue weighted by Crippen LogP contribution is -2.54. The van der Waals surface area contributed by atoms with Crippen LogP contribution in [0.15, 0.2) is 71.6 Å². The Morgan fingerprint density at radius 3 is 2.17 bits per heavy atom. The maximum atomic E-state index is 13.0. The minimum absolute atomic E-state index is 0.102. The standard InChI is InChI=1S/C24H27N3O6S2/c1-18(24(28)29)25-35(32,33)27-14-12-26(13-15-27)22-8-10-23(11-9-22)34(30,31)17-19-6-7-20-4-2-3-5-21(20)16-19/h2-11,16,18,25H,12-15,17H2,1H3,(H,28,29)/t18-/m1/s1. The SMILES string of the molecule is C[C@@H](NS(=O)(=O)N1CCN(c2ccc(S(=O)(=O)Cc3ccc4ccccc4c3)cc2)CC1)C(=O)O. The van der Waals surface area contributed by atoms with Gasteiger partial charge in [-0.3, -0.25) is 4.79 Å². The fourth-order valence-electron chi connectivity index (χ4n) is 4.03. The number of carboxylic acid groups (broad SMARTS) is 1. The highest BCUT2D eigenvalue weighted by Gasteiger charge is 2.30. The first-order valence-corrected chi connectivity index (χ1v) is 14.2. The molecule has 1 atom stereocenters. The van der Waals surface area contributed by atoms with E-state index in [4.69, 9.17) is 5.11 Å². The number of carboxylic acids is 1. The maximum absolute atomic E-state index is 13.0. The van der Waals surface area contributed by atoms with Crippen LogP contribution in [0.25, 0.3) is 10.8 Å². The molecule has 0 amide bonds. The van der Waals surface area contributed by atoms with E-state index in [1.54, 1.807) is 24.3 Å². The highest BCUT2D eigenvalue weighted by atomic mass is 32.2. The number of hydrogen-bond acceptors (Lipinski definition) is 6. The number of rotatable bonds is 8. The Labute approximate surface area is 205 Å². The van der Waals surface area contributed by atoms with E-state index in [0.717, 1.165) is 22.0 Å². The van der Waals surface area contributed by atoms with Crippen LogP contribution >= 0.6 is 0 Å². The summed E-state index contributed by atoms with van der Waals surface area (Å²) in [5.41, 5.74) is 1.51. The molecule has 186 valence electrons. The molecule has 2 N–H and O–H groups in total. The minimum atomic E-state index is -3.91. The summed E-state index contributed by atoms with van der Waals surface area (Å²) in [6.45, 7) is 2.43. The molecule has 0 bridgehead atoms. The average molecular weight is 518 g/mol. The third-order valence-corrected chi connectivity index (χ3v) is 9.41. The van der Waals surface area contributed by atoms with Crippen molar-refractivity contribution in [3.8, 4) is 0 Å². The van der Waals surface area contributed by atoms with E-state index in [1.807, 2.05) is 47.4 Å². The molecule has 1 saturated heterocycles. The van der Waals surface area contributed by atoms with Crippen molar-refractivity contribution in [3.63, 3.8) is 0 Å². The lowest BCUT2D eigenvalue weighted by Gasteiger charge is -2.35. The summed E-state index contributed by atoms with van der Waals surface area (Å²) < 4.78 is 54.1. The van der Waals surface area contributed by atoms with Gasteiger partial charge in [-0.2, -0.15) is 17.4 Å². The van der Waals surface area contributed by atoms with Gasteiger partial charge in [0.05, 0.1) is 10.6 Å². The number of hydrogen-bond donors (Lipinski definition) is 2. The summed E-state index contributed by atoms with van der Waals surface area (Å²) in [4.78, 5) is 13.1. The second-order valence-electron chi connectivity index (χ2n) is 8.50. The van der Waals surface area contributed by atoms with Gasteiger partial charge in [0, 0.05) is 31.9 Å². The number of carbonyl (C=O) groups is 1. The molecule has 11 heteroatoms. The molecule has 0 spiro atoms. The smallest absolute Gasteiger partial charge is 0.321 e. The largest absolute Gasteiger partial charge is 0.480 e. The molecule has 1 aliphatic heterocycles. The molecule has 0 aliphatic carbocycles. The molecule has 3 aromatic carbocycles. The monoisotopic (exact) mass is 517 g/mol. The Morgan fingerprint density at radius 2 is 1.54 bits per heavy atom. The van der Waals surface area contributed by atoms with Gasteiger partial charge in [-0.05, 0) is 47.5 Å². The van der Waals surface area contributed by atoms with Gasteiger partial charge < -0.3 is 10.0 Å². The molecule has 9 nitrogen and oxygen atoms in total. The highest BCUT2D eigenvalue weighted by Crippen LogP contribution is 2.24. The Morgan fingerprint density at radius 1 is 0.914 bits per heavy atom. The molecule has 0 unspecified atom stereocenters. The minimum Gasteiger partial charge on any atom is -0.480 e. The normalized spacial score (nSPS) is 16.3. The van der Waals surface area contributed by atoms with Gasteiger partial charge in [-0.25, -0.2) is 8.42 Å². The van der Waals surface area contributed by atoms with Crippen LogP contribution < -0.4 is 9.62 Å². The van der Waals surface area contributed by atoms with Gasteiger partial charge in [-0.15, -0.1) is 0 Å². The van der Waals surface area contributed by atoms with Gasteiger partial charge >= 0.3 is 5.97 Å². The number of nitrogens with one attached hydrogen (secondary N) is 1. The van der Waals surface area contributed by atoms with Crippen molar-refractivity contribution in [1.29, 1.82) is 0 Å². The van der Waals surface area contributed by atoms with Gasteiger partial charge in [0.15, 0.2) is 9.84 Å². The van der Waals surface area contributed by atoms with Crippen LogP contribution in [0.4, 0.5) is 5.69 Å². The Kier molecular flexibility index (Phi) is 7.13. The molecule has 1 heterocycles. The van der Waals surface area contributed by atoms with Crippen LogP contribution in [0, 0.1) is 0 Å². The van der Waals surface area contributed by atoms with Gasteiger partial charge in [0.1, 0.15) is 6.04 Å². The molecule has 35 heavy (non-hydrogen) atoms. The molecule has 1 aliphatic rings. The summed E-state index contributed by atoms with van der Waals surface area (Å²) in [6, 6.07) is 18.8. The summed E-state index contributed by atoms with van der Waals surface area (Å²) in [5, 5.41) is 11.0. The number of sulfone groups is 1. The van der Waals surface area contributed by atoms with Crippen LogP contribution in [-0.2, 0) is 30.6 Å². The number of anilines is 1. The van der Waals surface area contributed by atoms with Crippen molar-refractivity contribution >= 4 is 42.5 Å². The Bertz CT molecular complexity index is 1430. The summed E-state index contributed by atoms with van der Waals surface area (Å²) in [6.07, 6.45) is 0. The van der Waals surface area contributed by atoms with Crippen molar-refractivity contribution < 1.29 is 26.7 Å². The van der Waals surface area contributed by atoms with Crippen molar-refractivity contribution in [2.75, 3.05) is 31.1 Å². The van der Waals surface area contributed by atoms with Crippen LogP contribution in [0.5, 0.6) is 0 Å². The van der Waals surface area contributed by atoms with E-state index in [0.29, 0.717) is 13.1 Å². The van der Waals surface area contributed by atoms with Crippen LogP contribution in [-0.4, -0.2) is 64.4 Å². The van der Waals surface area contributed by atoms with E-state index < -0.39 is 32.1 Å². The summed E-state index contributed by atoms with van der Waals surface area (Å²) in [5.74, 6) is -1.35. The average Bonchev–Trinajstić information content (AvgIpc) is 2.83. The zero-order valence-corrected chi connectivity index (χ0v) is 20.8. The fourth-order valence-corrected chi connectivity index (χ4v) is 6.71. The van der Waals surface area contributed by atoms with E-state index >= 15 is 0 Å². The number of aliphatic carboxylic acids is 1. The number of fused-ring (bicyclic) bond motifs is 1. The van der Waals surface area contributed by atoms with E-state index in [-0.39, 0.29) is 23.7 Å². The fraction of sp³-hybridized carbons (Fsp3) is 0.292. The van der Waals surface area contributed by atoms with Crippen molar-refractivity contribution in [1.82, 2.24) is 9.03 Å². The van der Waals surface area contributed by atoms with E-state index in [1.165, 1.54) is 11.2 Å². The van der Waals surface area contributed by atoms with Gasteiger partial charge in [0.25, 0.3) is 10.2 Å². The maximum Gasteiger partial charge on any atom is 0.321 e. The van der Waals surface area contributed by atoms with Gasteiger partial charge in [0.2, 0.25) is 0 Å². The van der Waals surface area contributed by atoms with Crippen LogP contribution in [0.1, 0.15) is 12.5 Å². The second-order valence-corrected chi connectivity index (χ2v) is 12.2. The first-order valence-electron chi connectivity index (χ1n) is 11.1. The first-order chi connectivity index (χ1) is 16.5. The van der Waals surface area contributed by atoms with Crippen molar-refractivity contribution in [3.05, 3.63) is 72.3 Å². The van der Waals surface area contributed by atoms with Gasteiger partial charge in [-0.1, -0.05) is 42.5 Å². The third-order valence-electron chi connectivity index (χ3n) is 6.01. The topological polar surface area (TPSA) is 124 Å². The number of nitrogens with zero attached hydrogens (tertiary/aromatic N) is 2. The van der Waals surface area contributed by atoms with Crippen LogP contribution in [0.3, 0.4) is 0 Å². The summed E-state index contributed by atoms with van der Waals surface area (Å²) >= 11 is 0. The zero-order chi connectivity index (χ0) is 25.2. The summed E-state index contributed by atoms with van der Waals surface area (Å²) in [7, 11) is -7.44. The molecule has 1 fully saturated rings. The third kappa shape index (κ3) is 5.81. The first kappa shape index (κ1) is 25.1. The van der Waals surface area contributed by atoms with E-state index in [2.05, 4.69) is 4.72 Å². The van der Waals surface area contributed by atoms with Crippen molar-refractivity contribution in [2.24, 2.45) is 0 Å². The molecule has 0 saturated carbocycles. The molecule has 0 aromatic heterocycles. The highest BCUT2D eigenvalue weighted by molar-refractivity contribution is 7.90. The Balaban J connectivity index is 1.40. The molecular formula is C24H27N3O6S2. The number of benzene rings is 3. The number of piperazine rings is 1. The lowest BCUT2D eigenvalue weighted by molar-refractivity contribution is -0.138.